The molecule has 9 heavy (non-hydrogen) atoms. The average Bonchev–Trinajstić information content (AvgIpc) is 1.94. The first-order chi connectivity index (χ1) is 4.39. The Labute approximate surface area is 58.0 Å². The minimum absolute atomic E-state index is 0.675. The van der Waals surface area contributed by atoms with Crippen LogP contribution in [0.3, 0.4) is 0 Å². The summed E-state index contributed by atoms with van der Waals surface area (Å²) < 4.78 is 0. The third-order valence-electron chi connectivity index (χ3n) is 1.25. The standard InChI is InChI=1S/C5H12N2.C2H6/c1-5-4-6-2-3-7-5;1-2/h5-7H,2-4H2,1H3;1-2H3/t5-;/m1./s1. The second-order valence-corrected chi connectivity index (χ2v) is 2.06. The zero-order valence-electron chi connectivity index (χ0n) is 6.70. The molecule has 2 heteroatoms. The Bertz CT molecular complexity index is 48.9. The van der Waals surface area contributed by atoms with E-state index in [2.05, 4.69) is 17.6 Å². The fourth-order valence-corrected chi connectivity index (χ4v) is 0.798. The predicted octanol–water partition coefficient (Wildman–Crippen LogP) is 0.594. The van der Waals surface area contributed by atoms with E-state index in [1.807, 2.05) is 13.8 Å². The molecule has 1 saturated heterocycles. The summed E-state index contributed by atoms with van der Waals surface area (Å²) in [5.41, 5.74) is 0. The van der Waals surface area contributed by atoms with Crippen molar-refractivity contribution in [2.45, 2.75) is 26.8 Å². The van der Waals surface area contributed by atoms with Crippen molar-refractivity contribution in [1.82, 2.24) is 10.6 Å². The Balaban J connectivity index is 0.000000291. The normalized spacial score (nSPS) is 26.3. The van der Waals surface area contributed by atoms with E-state index in [0.717, 1.165) is 19.6 Å². The van der Waals surface area contributed by atoms with Gasteiger partial charge in [0.05, 0.1) is 0 Å². The summed E-state index contributed by atoms with van der Waals surface area (Å²) in [6.07, 6.45) is 0. The van der Waals surface area contributed by atoms with Crippen LogP contribution >= 0.6 is 0 Å². The first kappa shape index (κ1) is 8.92. The summed E-state index contributed by atoms with van der Waals surface area (Å²) in [5, 5.41) is 6.59. The Morgan fingerprint density at radius 1 is 1.22 bits per heavy atom. The number of rotatable bonds is 0. The Morgan fingerprint density at radius 3 is 2.11 bits per heavy atom. The predicted molar refractivity (Wildman–Crippen MR) is 41.7 cm³/mol. The van der Waals surface area contributed by atoms with Gasteiger partial charge in [-0.15, -0.1) is 0 Å². The largest absolute Gasteiger partial charge is 0.314 e. The lowest BCUT2D eigenvalue weighted by atomic mass is 10.3. The Kier molecular flexibility index (Phi) is 5.99. The number of piperazine rings is 1. The van der Waals surface area contributed by atoms with E-state index in [-0.39, 0.29) is 0 Å². The molecule has 0 aromatic rings. The lowest BCUT2D eigenvalue weighted by Gasteiger charge is -2.19. The van der Waals surface area contributed by atoms with Crippen molar-refractivity contribution in [3.8, 4) is 0 Å². The quantitative estimate of drug-likeness (QED) is 0.501. The number of nitrogens with one attached hydrogen (secondary N) is 2. The van der Waals surface area contributed by atoms with E-state index in [1.165, 1.54) is 0 Å². The van der Waals surface area contributed by atoms with Crippen LogP contribution in [0.5, 0.6) is 0 Å². The average molecular weight is 130 g/mol. The molecule has 0 unspecified atom stereocenters. The smallest absolute Gasteiger partial charge is 0.0164 e. The molecule has 0 aromatic carbocycles. The van der Waals surface area contributed by atoms with Crippen LogP contribution in [0.15, 0.2) is 0 Å². The van der Waals surface area contributed by atoms with Gasteiger partial charge in [-0.1, -0.05) is 13.8 Å². The molecular weight excluding hydrogens is 112 g/mol. The maximum atomic E-state index is 3.32. The molecule has 0 radical (unpaired) electrons. The maximum Gasteiger partial charge on any atom is 0.0164 e. The van der Waals surface area contributed by atoms with Crippen molar-refractivity contribution >= 4 is 0 Å². The Hall–Kier alpha value is -0.0800. The summed E-state index contributed by atoms with van der Waals surface area (Å²) in [6, 6.07) is 0.675. The van der Waals surface area contributed by atoms with Gasteiger partial charge in [0.1, 0.15) is 0 Å². The molecular formula is C7H18N2. The van der Waals surface area contributed by atoms with Gasteiger partial charge in [-0.25, -0.2) is 0 Å². The highest BCUT2D eigenvalue weighted by atomic mass is 15.0. The lowest BCUT2D eigenvalue weighted by molar-refractivity contribution is 0.442. The van der Waals surface area contributed by atoms with Gasteiger partial charge in [0.15, 0.2) is 0 Å². The molecule has 1 fully saturated rings. The van der Waals surface area contributed by atoms with Crippen molar-refractivity contribution in [1.29, 1.82) is 0 Å². The highest BCUT2D eigenvalue weighted by Gasteiger charge is 2.03. The molecule has 1 heterocycles. The summed E-state index contributed by atoms with van der Waals surface area (Å²) >= 11 is 0. The van der Waals surface area contributed by atoms with E-state index in [9.17, 15) is 0 Å². The first-order valence-electron chi connectivity index (χ1n) is 3.83. The third-order valence-corrected chi connectivity index (χ3v) is 1.25. The van der Waals surface area contributed by atoms with Crippen molar-refractivity contribution in [2.75, 3.05) is 19.6 Å². The molecule has 0 bridgehead atoms. The second-order valence-electron chi connectivity index (χ2n) is 2.06. The molecule has 1 aliphatic heterocycles. The molecule has 1 rings (SSSR count). The van der Waals surface area contributed by atoms with Gasteiger partial charge < -0.3 is 10.6 Å². The van der Waals surface area contributed by atoms with Crippen molar-refractivity contribution in [2.24, 2.45) is 0 Å². The Morgan fingerprint density at radius 2 is 1.89 bits per heavy atom. The van der Waals surface area contributed by atoms with Crippen LogP contribution in [0.1, 0.15) is 20.8 Å². The van der Waals surface area contributed by atoms with Gasteiger partial charge in [0, 0.05) is 25.7 Å². The number of hydrogen-bond acceptors (Lipinski definition) is 2. The van der Waals surface area contributed by atoms with Gasteiger partial charge in [-0.2, -0.15) is 0 Å². The van der Waals surface area contributed by atoms with Crippen LogP contribution in [0.25, 0.3) is 0 Å². The summed E-state index contributed by atoms with van der Waals surface area (Å²) in [4.78, 5) is 0. The third kappa shape index (κ3) is 4.43. The van der Waals surface area contributed by atoms with E-state index >= 15 is 0 Å². The fraction of sp³-hybridized carbons (Fsp3) is 1.00. The van der Waals surface area contributed by atoms with E-state index < -0.39 is 0 Å². The molecule has 0 aromatic heterocycles. The number of hydrogen-bond donors (Lipinski definition) is 2. The molecule has 0 saturated carbocycles. The van der Waals surface area contributed by atoms with Gasteiger partial charge in [-0.3, -0.25) is 0 Å². The highest BCUT2D eigenvalue weighted by molar-refractivity contribution is 4.69. The summed E-state index contributed by atoms with van der Waals surface area (Å²) in [6.45, 7) is 9.57. The van der Waals surface area contributed by atoms with E-state index in [1.54, 1.807) is 0 Å². The second kappa shape index (κ2) is 6.05. The van der Waals surface area contributed by atoms with Crippen molar-refractivity contribution in [3.63, 3.8) is 0 Å². The SMILES string of the molecule is CC.C[C@@H]1CNCCN1. The van der Waals surface area contributed by atoms with Crippen LogP contribution in [0.4, 0.5) is 0 Å². The van der Waals surface area contributed by atoms with Gasteiger partial charge in [0.25, 0.3) is 0 Å². The first-order valence-corrected chi connectivity index (χ1v) is 3.83. The molecule has 1 aliphatic rings. The molecule has 56 valence electrons. The lowest BCUT2D eigenvalue weighted by Crippen LogP contribution is -2.46. The topological polar surface area (TPSA) is 24.1 Å². The molecule has 2 N–H and O–H groups in total. The van der Waals surface area contributed by atoms with Crippen LogP contribution in [-0.2, 0) is 0 Å². The van der Waals surface area contributed by atoms with Crippen LogP contribution in [0, 0.1) is 0 Å². The molecule has 2 nitrogen and oxygen atoms in total. The minimum atomic E-state index is 0.675. The zero-order valence-corrected chi connectivity index (χ0v) is 6.70. The monoisotopic (exact) mass is 130 g/mol. The van der Waals surface area contributed by atoms with Crippen LogP contribution in [0.2, 0.25) is 0 Å². The van der Waals surface area contributed by atoms with Gasteiger partial charge in [0.2, 0.25) is 0 Å². The zero-order chi connectivity index (χ0) is 7.11. The van der Waals surface area contributed by atoms with Gasteiger partial charge >= 0.3 is 0 Å². The van der Waals surface area contributed by atoms with E-state index in [4.69, 9.17) is 0 Å². The summed E-state index contributed by atoms with van der Waals surface area (Å²) in [7, 11) is 0. The minimum Gasteiger partial charge on any atom is -0.314 e. The molecule has 0 spiro atoms. The summed E-state index contributed by atoms with van der Waals surface area (Å²) in [5.74, 6) is 0. The maximum absolute atomic E-state index is 3.32. The highest BCUT2D eigenvalue weighted by Crippen LogP contribution is 1.80. The van der Waals surface area contributed by atoms with Crippen LogP contribution < -0.4 is 10.6 Å². The van der Waals surface area contributed by atoms with Gasteiger partial charge in [-0.05, 0) is 6.92 Å². The molecule has 0 aliphatic carbocycles. The molecule has 1 atom stereocenters. The van der Waals surface area contributed by atoms with E-state index in [0.29, 0.717) is 6.04 Å². The fourth-order valence-electron chi connectivity index (χ4n) is 0.798. The van der Waals surface area contributed by atoms with Crippen molar-refractivity contribution in [3.05, 3.63) is 0 Å². The van der Waals surface area contributed by atoms with Crippen molar-refractivity contribution < 1.29 is 0 Å². The molecule has 0 amide bonds. The van der Waals surface area contributed by atoms with Crippen LogP contribution in [-0.4, -0.2) is 25.7 Å².